The summed E-state index contributed by atoms with van der Waals surface area (Å²) in [6.45, 7) is 1.29. The lowest BCUT2D eigenvalue weighted by Crippen LogP contribution is -2.29. The van der Waals surface area contributed by atoms with Gasteiger partial charge in [0.05, 0.1) is 11.9 Å². The third kappa shape index (κ3) is 3.83. The van der Waals surface area contributed by atoms with Crippen LogP contribution in [0.2, 0.25) is 5.02 Å². The van der Waals surface area contributed by atoms with Crippen LogP contribution in [-0.4, -0.2) is 28.0 Å². The molecule has 0 bridgehead atoms. The Morgan fingerprint density at radius 2 is 2.05 bits per heavy atom. The van der Waals surface area contributed by atoms with Crippen LogP contribution in [0.1, 0.15) is 12.0 Å². The maximum absolute atomic E-state index is 11.9. The van der Waals surface area contributed by atoms with Crippen LogP contribution < -0.4 is 10.5 Å². The number of hydrogen-bond acceptors (Lipinski definition) is 4. The van der Waals surface area contributed by atoms with Gasteiger partial charge in [0.25, 0.3) is 5.56 Å². The van der Waals surface area contributed by atoms with Gasteiger partial charge in [-0.3, -0.25) is 4.79 Å². The minimum Gasteiger partial charge on any atom is -0.396 e. The molecule has 1 aromatic heterocycles. The largest absolute Gasteiger partial charge is 0.396 e. The van der Waals surface area contributed by atoms with Crippen molar-refractivity contribution in [1.29, 1.82) is 0 Å². The number of nitrogens with zero attached hydrogens (tertiary/aromatic N) is 3. The molecule has 1 heterocycles. The first-order chi connectivity index (χ1) is 10.1. The number of aliphatic hydroxyl groups excluding tert-OH is 1. The molecule has 0 unspecified atom stereocenters. The van der Waals surface area contributed by atoms with Gasteiger partial charge in [-0.05, 0) is 12.0 Å². The summed E-state index contributed by atoms with van der Waals surface area (Å²) < 4.78 is 1.21. The van der Waals surface area contributed by atoms with Crippen molar-refractivity contribution in [2.75, 3.05) is 18.1 Å². The molecule has 1 N–H and O–H groups in total. The van der Waals surface area contributed by atoms with E-state index in [1.165, 1.54) is 4.68 Å². The normalized spacial score (nSPS) is 10.6. The lowest BCUT2D eigenvalue weighted by Gasteiger charge is -2.25. The maximum atomic E-state index is 11.9. The number of rotatable bonds is 6. The van der Waals surface area contributed by atoms with Crippen molar-refractivity contribution in [3.05, 3.63) is 57.5 Å². The summed E-state index contributed by atoms with van der Waals surface area (Å²) in [5.41, 5.74) is 1.38. The number of hydrogen-bond donors (Lipinski definition) is 1. The summed E-state index contributed by atoms with van der Waals surface area (Å²) in [6, 6.07) is 9.89. The van der Waals surface area contributed by atoms with Crippen LogP contribution >= 0.6 is 11.6 Å². The fraction of sp³-hybridized carbons (Fsp3) is 0.333. The maximum Gasteiger partial charge on any atom is 0.287 e. The summed E-state index contributed by atoms with van der Waals surface area (Å²) in [5, 5.41) is 13.2. The summed E-state index contributed by atoms with van der Waals surface area (Å²) in [4.78, 5) is 13.9. The topological polar surface area (TPSA) is 58.4 Å². The van der Waals surface area contributed by atoms with E-state index in [9.17, 15) is 4.79 Å². The highest BCUT2D eigenvalue weighted by molar-refractivity contribution is 6.33. The summed E-state index contributed by atoms with van der Waals surface area (Å²) in [5.74, 6) is 0. The fourth-order valence-corrected chi connectivity index (χ4v) is 2.36. The molecule has 0 aliphatic carbocycles. The minimum absolute atomic E-state index is 0.0845. The van der Waals surface area contributed by atoms with Crippen LogP contribution in [0.4, 0.5) is 5.69 Å². The Bertz CT molecular complexity index is 643. The van der Waals surface area contributed by atoms with E-state index in [1.54, 1.807) is 13.2 Å². The number of halogens is 1. The molecule has 2 aromatic rings. The van der Waals surface area contributed by atoms with E-state index in [1.807, 2.05) is 35.2 Å². The molecule has 21 heavy (non-hydrogen) atoms. The smallest absolute Gasteiger partial charge is 0.287 e. The first-order valence-electron chi connectivity index (χ1n) is 6.75. The molecule has 6 heteroatoms. The Kier molecular flexibility index (Phi) is 5.36. The average molecular weight is 308 g/mol. The van der Waals surface area contributed by atoms with E-state index in [4.69, 9.17) is 16.7 Å². The molecule has 0 fully saturated rings. The number of benzene rings is 1. The van der Waals surface area contributed by atoms with Gasteiger partial charge in [-0.25, -0.2) is 4.68 Å². The third-order valence-electron chi connectivity index (χ3n) is 3.20. The first kappa shape index (κ1) is 15.5. The van der Waals surface area contributed by atoms with Gasteiger partial charge in [-0.15, -0.1) is 0 Å². The minimum atomic E-state index is -0.323. The van der Waals surface area contributed by atoms with Crippen molar-refractivity contribution in [2.24, 2.45) is 7.05 Å². The van der Waals surface area contributed by atoms with Gasteiger partial charge in [0.2, 0.25) is 0 Å². The highest BCUT2D eigenvalue weighted by Crippen LogP contribution is 2.23. The highest BCUT2D eigenvalue weighted by atomic mass is 35.5. The van der Waals surface area contributed by atoms with Gasteiger partial charge in [0.1, 0.15) is 5.02 Å². The molecular formula is C15H18ClN3O2. The molecule has 0 amide bonds. The zero-order valence-electron chi connectivity index (χ0n) is 11.9. The van der Waals surface area contributed by atoms with Crippen molar-refractivity contribution in [1.82, 2.24) is 9.78 Å². The average Bonchev–Trinajstić information content (AvgIpc) is 2.51. The van der Waals surface area contributed by atoms with Gasteiger partial charge < -0.3 is 10.0 Å². The van der Waals surface area contributed by atoms with Crippen LogP contribution in [0.25, 0.3) is 0 Å². The molecule has 0 saturated carbocycles. The van der Waals surface area contributed by atoms with E-state index in [2.05, 4.69) is 5.10 Å². The molecule has 0 radical (unpaired) electrons. The summed E-state index contributed by atoms with van der Waals surface area (Å²) in [7, 11) is 1.56. The molecule has 2 rings (SSSR count). The van der Waals surface area contributed by atoms with E-state index in [-0.39, 0.29) is 17.2 Å². The van der Waals surface area contributed by atoms with Crippen LogP contribution in [0.5, 0.6) is 0 Å². The van der Waals surface area contributed by atoms with Crippen molar-refractivity contribution in [3.63, 3.8) is 0 Å². The molecule has 0 aliphatic heterocycles. The van der Waals surface area contributed by atoms with Crippen LogP contribution in [0, 0.1) is 0 Å². The number of aromatic nitrogens is 2. The van der Waals surface area contributed by atoms with Crippen molar-refractivity contribution >= 4 is 17.3 Å². The number of aryl methyl sites for hydroxylation is 1. The second kappa shape index (κ2) is 7.24. The van der Waals surface area contributed by atoms with E-state index in [0.717, 1.165) is 5.56 Å². The Morgan fingerprint density at radius 1 is 1.33 bits per heavy atom. The fourth-order valence-electron chi connectivity index (χ4n) is 2.07. The second-order valence-corrected chi connectivity index (χ2v) is 5.13. The van der Waals surface area contributed by atoms with Crippen LogP contribution in [0.3, 0.4) is 0 Å². The van der Waals surface area contributed by atoms with Crippen molar-refractivity contribution < 1.29 is 5.11 Å². The standard InChI is InChI=1S/C15H18ClN3O2/c1-18-15(21)14(16)13(10-17-18)19(8-5-9-20)11-12-6-3-2-4-7-12/h2-4,6-7,10,20H,5,8-9,11H2,1H3. The zero-order valence-corrected chi connectivity index (χ0v) is 12.6. The Hall–Kier alpha value is -1.85. The van der Waals surface area contributed by atoms with Gasteiger partial charge >= 0.3 is 0 Å². The molecule has 1 aromatic carbocycles. The molecule has 0 saturated heterocycles. The Morgan fingerprint density at radius 3 is 2.71 bits per heavy atom. The zero-order chi connectivity index (χ0) is 15.2. The summed E-state index contributed by atoms with van der Waals surface area (Å²) in [6.07, 6.45) is 2.18. The second-order valence-electron chi connectivity index (χ2n) is 4.76. The highest BCUT2D eigenvalue weighted by Gasteiger charge is 2.15. The Labute approximate surface area is 128 Å². The molecule has 0 spiro atoms. The molecule has 0 aliphatic rings. The van der Waals surface area contributed by atoms with Crippen LogP contribution in [0.15, 0.2) is 41.3 Å². The van der Waals surface area contributed by atoms with Gasteiger partial charge in [-0.1, -0.05) is 41.9 Å². The van der Waals surface area contributed by atoms with Crippen molar-refractivity contribution in [2.45, 2.75) is 13.0 Å². The molecular weight excluding hydrogens is 290 g/mol. The van der Waals surface area contributed by atoms with E-state index in [0.29, 0.717) is 25.2 Å². The predicted octanol–water partition coefficient (Wildman–Crippen LogP) is 1.82. The lowest BCUT2D eigenvalue weighted by atomic mass is 10.2. The Balaban J connectivity index is 2.32. The SMILES string of the molecule is Cn1ncc(N(CCCO)Cc2ccccc2)c(Cl)c1=O. The predicted molar refractivity (Wildman–Crippen MR) is 83.7 cm³/mol. The molecule has 5 nitrogen and oxygen atoms in total. The van der Waals surface area contributed by atoms with Gasteiger partial charge in [-0.2, -0.15) is 5.10 Å². The monoisotopic (exact) mass is 307 g/mol. The van der Waals surface area contributed by atoms with Crippen molar-refractivity contribution in [3.8, 4) is 0 Å². The molecule has 112 valence electrons. The molecule has 0 atom stereocenters. The summed E-state index contributed by atoms with van der Waals surface area (Å²) >= 11 is 6.16. The quantitative estimate of drug-likeness (QED) is 0.884. The first-order valence-corrected chi connectivity index (χ1v) is 7.13. The third-order valence-corrected chi connectivity index (χ3v) is 3.56. The lowest BCUT2D eigenvalue weighted by molar-refractivity contribution is 0.289. The van der Waals surface area contributed by atoms with Crippen LogP contribution in [-0.2, 0) is 13.6 Å². The van der Waals surface area contributed by atoms with E-state index < -0.39 is 0 Å². The van der Waals surface area contributed by atoms with E-state index >= 15 is 0 Å². The van der Waals surface area contributed by atoms with Gasteiger partial charge in [0, 0.05) is 26.7 Å². The number of aliphatic hydroxyl groups is 1. The van der Waals surface area contributed by atoms with Gasteiger partial charge in [0.15, 0.2) is 0 Å². The number of anilines is 1.